The van der Waals surface area contributed by atoms with Crippen LogP contribution in [-0.4, -0.2) is 5.11 Å². The van der Waals surface area contributed by atoms with Gasteiger partial charge < -0.3 is 5.11 Å². The van der Waals surface area contributed by atoms with Crippen LogP contribution in [0.25, 0.3) is 0 Å². The molecule has 3 heteroatoms. The van der Waals surface area contributed by atoms with Gasteiger partial charge in [0.2, 0.25) is 0 Å². The summed E-state index contributed by atoms with van der Waals surface area (Å²) in [6.07, 6.45) is 3.58. The summed E-state index contributed by atoms with van der Waals surface area (Å²) in [6.45, 7) is 4.14. The van der Waals surface area contributed by atoms with E-state index in [1.165, 1.54) is 6.07 Å². The Balaban J connectivity index is 2.40. The molecule has 0 bridgehead atoms. The normalized spacial score (nSPS) is 28.7. The smallest absolute Gasteiger partial charge is 0.159 e. The largest absolute Gasteiger partial charge is 0.385 e. The number of aliphatic hydroxyl groups is 1. The predicted molar refractivity (Wildman–Crippen MR) is 67.1 cm³/mol. The first-order valence-electron chi connectivity index (χ1n) is 6.63. The van der Waals surface area contributed by atoms with Crippen molar-refractivity contribution in [3.8, 4) is 0 Å². The summed E-state index contributed by atoms with van der Waals surface area (Å²) in [5, 5.41) is 10.9. The molecule has 1 aliphatic carbocycles. The van der Waals surface area contributed by atoms with Crippen molar-refractivity contribution in [1.82, 2.24) is 0 Å². The highest BCUT2D eigenvalue weighted by molar-refractivity contribution is 5.26. The molecule has 1 fully saturated rings. The van der Waals surface area contributed by atoms with Gasteiger partial charge >= 0.3 is 0 Å². The molecule has 0 amide bonds. The van der Waals surface area contributed by atoms with Crippen molar-refractivity contribution in [1.29, 1.82) is 0 Å². The molecule has 1 N–H and O–H groups in total. The van der Waals surface area contributed by atoms with Crippen LogP contribution < -0.4 is 0 Å². The predicted octanol–water partition coefficient (Wildman–Crippen LogP) is 4.00. The van der Waals surface area contributed by atoms with Crippen molar-refractivity contribution in [2.75, 3.05) is 0 Å². The Labute approximate surface area is 107 Å². The van der Waals surface area contributed by atoms with Crippen molar-refractivity contribution >= 4 is 0 Å². The Morgan fingerprint density at radius 3 is 2.56 bits per heavy atom. The summed E-state index contributed by atoms with van der Waals surface area (Å²) in [5.41, 5.74) is -0.499. The fourth-order valence-corrected chi connectivity index (χ4v) is 3.19. The third kappa shape index (κ3) is 2.28. The Morgan fingerprint density at radius 1 is 1.22 bits per heavy atom. The van der Waals surface area contributed by atoms with E-state index in [0.29, 0.717) is 17.9 Å². The highest BCUT2D eigenvalue weighted by Crippen LogP contribution is 2.45. The summed E-state index contributed by atoms with van der Waals surface area (Å²) in [7, 11) is 0. The lowest BCUT2D eigenvalue weighted by Crippen LogP contribution is -2.40. The van der Waals surface area contributed by atoms with Crippen LogP contribution in [0.1, 0.15) is 45.1 Å². The monoisotopic (exact) mass is 254 g/mol. The van der Waals surface area contributed by atoms with Gasteiger partial charge in [-0.05, 0) is 42.4 Å². The fourth-order valence-electron chi connectivity index (χ4n) is 3.19. The molecule has 1 saturated carbocycles. The Kier molecular flexibility index (Phi) is 3.71. The second-order valence-electron chi connectivity index (χ2n) is 5.65. The van der Waals surface area contributed by atoms with Crippen LogP contribution in [0.15, 0.2) is 18.2 Å². The first-order chi connectivity index (χ1) is 8.45. The minimum absolute atomic E-state index is 0.108. The molecule has 0 radical (unpaired) electrons. The Bertz CT molecular complexity index is 431. The number of rotatable bonds is 2. The quantitative estimate of drug-likeness (QED) is 0.845. The van der Waals surface area contributed by atoms with Gasteiger partial charge in [-0.1, -0.05) is 32.8 Å². The van der Waals surface area contributed by atoms with E-state index in [4.69, 9.17) is 0 Å². The molecule has 1 aliphatic rings. The van der Waals surface area contributed by atoms with Crippen molar-refractivity contribution in [3.63, 3.8) is 0 Å². The molecule has 0 saturated heterocycles. The molecule has 0 aromatic heterocycles. The zero-order valence-corrected chi connectivity index (χ0v) is 10.9. The van der Waals surface area contributed by atoms with E-state index in [0.717, 1.165) is 31.4 Å². The summed E-state index contributed by atoms with van der Waals surface area (Å²) in [5.74, 6) is -1.31. The fraction of sp³-hybridized carbons (Fsp3) is 0.600. The topological polar surface area (TPSA) is 20.2 Å². The molecule has 100 valence electrons. The van der Waals surface area contributed by atoms with Crippen molar-refractivity contribution in [3.05, 3.63) is 35.4 Å². The maximum absolute atomic E-state index is 13.3. The molecule has 2 rings (SSSR count). The van der Waals surface area contributed by atoms with Crippen LogP contribution in [0.3, 0.4) is 0 Å². The molecular formula is C15H20F2O. The molecule has 18 heavy (non-hydrogen) atoms. The number of benzene rings is 1. The first-order valence-corrected chi connectivity index (χ1v) is 6.63. The lowest BCUT2D eigenvalue weighted by atomic mass is 9.67. The summed E-state index contributed by atoms with van der Waals surface area (Å²) < 4.78 is 26.3. The highest BCUT2D eigenvalue weighted by atomic mass is 19.2. The number of halogens is 2. The molecule has 2 unspecified atom stereocenters. The molecule has 0 spiro atoms. The Morgan fingerprint density at radius 2 is 1.94 bits per heavy atom. The molecule has 0 aliphatic heterocycles. The average Bonchev–Trinajstić information content (AvgIpc) is 2.32. The molecule has 1 nitrogen and oxygen atoms in total. The zero-order valence-electron chi connectivity index (χ0n) is 10.9. The van der Waals surface area contributed by atoms with Crippen LogP contribution in [0, 0.1) is 23.5 Å². The second kappa shape index (κ2) is 4.96. The van der Waals surface area contributed by atoms with Gasteiger partial charge in [0, 0.05) is 0 Å². The highest BCUT2D eigenvalue weighted by Gasteiger charge is 2.42. The van der Waals surface area contributed by atoms with E-state index < -0.39 is 17.2 Å². The van der Waals surface area contributed by atoms with Crippen LogP contribution in [0.2, 0.25) is 0 Å². The number of hydrogen-bond donors (Lipinski definition) is 1. The van der Waals surface area contributed by atoms with Gasteiger partial charge in [-0.2, -0.15) is 0 Å². The van der Waals surface area contributed by atoms with Crippen molar-refractivity contribution in [2.45, 2.75) is 45.1 Å². The Hall–Kier alpha value is -0.960. The minimum atomic E-state index is -1.01. The SMILES string of the molecule is CC(C)C1CCCCC1(O)c1ccc(F)c(F)c1. The standard InChI is InChI=1S/C15H20F2O/c1-10(2)12-5-3-4-8-15(12,18)11-6-7-13(16)14(17)9-11/h6-7,9-10,12,18H,3-5,8H2,1-2H3. The maximum Gasteiger partial charge on any atom is 0.159 e. The van der Waals surface area contributed by atoms with Gasteiger partial charge in [-0.15, -0.1) is 0 Å². The minimum Gasteiger partial charge on any atom is -0.385 e. The molecule has 1 aromatic rings. The third-order valence-corrected chi connectivity index (χ3v) is 4.16. The van der Waals surface area contributed by atoms with Gasteiger partial charge in [0.1, 0.15) is 0 Å². The average molecular weight is 254 g/mol. The van der Waals surface area contributed by atoms with E-state index in [-0.39, 0.29) is 5.92 Å². The zero-order chi connectivity index (χ0) is 13.3. The second-order valence-corrected chi connectivity index (χ2v) is 5.65. The molecule has 0 heterocycles. The first kappa shape index (κ1) is 13.5. The van der Waals surface area contributed by atoms with Crippen molar-refractivity contribution in [2.24, 2.45) is 11.8 Å². The van der Waals surface area contributed by atoms with Gasteiger partial charge in [0.15, 0.2) is 11.6 Å². The lowest BCUT2D eigenvalue weighted by molar-refractivity contribution is -0.0723. The number of hydrogen-bond acceptors (Lipinski definition) is 1. The summed E-state index contributed by atoms with van der Waals surface area (Å²) in [6, 6.07) is 3.77. The van der Waals surface area contributed by atoms with Crippen LogP contribution in [0.4, 0.5) is 8.78 Å². The van der Waals surface area contributed by atoms with E-state index >= 15 is 0 Å². The van der Waals surface area contributed by atoms with Crippen LogP contribution in [0.5, 0.6) is 0 Å². The molecular weight excluding hydrogens is 234 g/mol. The van der Waals surface area contributed by atoms with Crippen LogP contribution >= 0.6 is 0 Å². The van der Waals surface area contributed by atoms with Gasteiger partial charge in [-0.3, -0.25) is 0 Å². The van der Waals surface area contributed by atoms with E-state index in [1.54, 1.807) is 0 Å². The summed E-state index contributed by atoms with van der Waals surface area (Å²) >= 11 is 0. The van der Waals surface area contributed by atoms with Crippen molar-refractivity contribution < 1.29 is 13.9 Å². The van der Waals surface area contributed by atoms with Gasteiger partial charge in [-0.25, -0.2) is 8.78 Å². The van der Waals surface area contributed by atoms with Gasteiger partial charge in [0.05, 0.1) is 5.60 Å². The van der Waals surface area contributed by atoms with E-state index in [9.17, 15) is 13.9 Å². The molecule has 1 aromatic carbocycles. The summed E-state index contributed by atoms with van der Waals surface area (Å²) in [4.78, 5) is 0. The van der Waals surface area contributed by atoms with E-state index in [2.05, 4.69) is 13.8 Å². The maximum atomic E-state index is 13.3. The lowest BCUT2D eigenvalue weighted by Gasteiger charge is -2.42. The van der Waals surface area contributed by atoms with E-state index in [1.807, 2.05) is 0 Å². The van der Waals surface area contributed by atoms with Crippen LogP contribution in [-0.2, 0) is 5.60 Å². The van der Waals surface area contributed by atoms with Gasteiger partial charge in [0.25, 0.3) is 0 Å². The molecule has 2 atom stereocenters. The third-order valence-electron chi connectivity index (χ3n) is 4.16.